The van der Waals surface area contributed by atoms with Crippen LogP contribution in [-0.4, -0.2) is 37.1 Å². The summed E-state index contributed by atoms with van der Waals surface area (Å²) in [7, 11) is -1.36. The molecule has 1 saturated heterocycles. The van der Waals surface area contributed by atoms with Gasteiger partial charge in [-0.1, -0.05) is 85.4 Å². The van der Waals surface area contributed by atoms with Crippen LogP contribution in [-0.2, 0) is 4.74 Å². The molecule has 0 bridgehead atoms. The van der Waals surface area contributed by atoms with E-state index in [0.29, 0.717) is 5.41 Å². The van der Waals surface area contributed by atoms with Crippen molar-refractivity contribution in [2.45, 2.75) is 175 Å². The third-order valence-electron chi connectivity index (χ3n) is 13.1. The minimum absolute atomic E-state index is 0.0181. The molecule has 10 atom stereocenters. The fourth-order valence-electron chi connectivity index (χ4n) is 11.7. The molecule has 5 rings (SSSR count). The Morgan fingerprint density at radius 3 is 2.15 bits per heavy atom. The van der Waals surface area contributed by atoms with Crippen LogP contribution in [0.5, 0.6) is 0 Å². The van der Waals surface area contributed by atoms with Gasteiger partial charge in [-0.2, -0.15) is 0 Å². The van der Waals surface area contributed by atoms with Crippen molar-refractivity contribution in [2.75, 3.05) is 6.61 Å². The van der Waals surface area contributed by atoms with E-state index in [1.807, 2.05) is 0 Å². The van der Waals surface area contributed by atoms with Crippen molar-refractivity contribution in [1.82, 2.24) is 4.57 Å². The fourth-order valence-corrected chi connectivity index (χ4v) is 14.3. The zero-order chi connectivity index (χ0) is 28.9. The van der Waals surface area contributed by atoms with Gasteiger partial charge in [0.05, 0.1) is 5.60 Å². The Hall–Kier alpha value is 0.137. The predicted molar refractivity (Wildman–Crippen MR) is 175 cm³/mol. The van der Waals surface area contributed by atoms with E-state index in [4.69, 9.17) is 4.74 Å². The second-order valence-corrected chi connectivity index (χ2v) is 23.2. The summed E-state index contributed by atoms with van der Waals surface area (Å²) in [5.41, 5.74) is 0.531. The molecule has 0 N–H and O–H groups in total. The molecular weight excluding hydrogens is 502 g/mol. The van der Waals surface area contributed by atoms with E-state index in [2.05, 4.69) is 65.7 Å². The van der Waals surface area contributed by atoms with Gasteiger partial charge in [-0.05, 0) is 125 Å². The second kappa shape index (κ2) is 12.3. The van der Waals surface area contributed by atoms with Gasteiger partial charge in [0.25, 0.3) is 0 Å². The first-order chi connectivity index (χ1) is 18.8. The molecule has 0 aromatic rings. The Balaban J connectivity index is 1.25. The average Bonchev–Trinajstić information content (AvgIpc) is 3.55. The largest absolute Gasteiger partial charge is 0.376 e. The Morgan fingerprint density at radius 2 is 1.45 bits per heavy atom. The van der Waals surface area contributed by atoms with Crippen LogP contribution in [0.1, 0.15) is 138 Å². The first-order valence-electron chi connectivity index (χ1n) is 18.2. The monoisotopic (exact) mass is 572 g/mol. The van der Waals surface area contributed by atoms with E-state index in [-0.39, 0.29) is 5.60 Å². The highest BCUT2D eigenvalue weighted by molar-refractivity contribution is 6.73. The highest BCUT2D eigenvalue weighted by Crippen LogP contribution is 2.67. The molecule has 4 aliphatic carbocycles. The number of fused-ring (bicyclic) bond motifs is 5. The minimum Gasteiger partial charge on any atom is -0.376 e. The van der Waals surface area contributed by atoms with Gasteiger partial charge >= 0.3 is 0 Å². The quantitative estimate of drug-likeness (QED) is 0.191. The maximum absolute atomic E-state index is 5.94. The minimum atomic E-state index is -1.36. The molecule has 0 radical (unpaired) electrons. The molecule has 5 aliphatic rings. The lowest BCUT2D eigenvalue weighted by Crippen LogP contribution is -2.56. The summed E-state index contributed by atoms with van der Waals surface area (Å²) in [5, 5.41) is 0. The van der Waals surface area contributed by atoms with Crippen LogP contribution in [0.2, 0.25) is 19.6 Å². The molecular formula is C37H69NOSi. The number of unbranched alkanes of at least 4 members (excludes halogenated alkanes) is 3. The van der Waals surface area contributed by atoms with E-state index >= 15 is 0 Å². The van der Waals surface area contributed by atoms with Crippen LogP contribution in [0.3, 0.4) is 0 Å². The summed E-state index contributed by atoms with van der Waals surface area (Å²) in [4.78, 5) is 0. The lowest BCUT2D eigenvalue weighted by molar-refractivity contribution is -0.00478. The Labute approximate surface area is 251 Å². The standard InChI is InChI=1S/C37H69NOSi/c1-26-19-22-32-31(24-26)33-34(29-17-13-14-18-30(29)35(33)38(32)40(7,8)9)37(5,6)28-21-20-27(25-28)16-12-10-11-15-23-39-36(2,3)4/h26-35H,10-25H2,1-9H3. The number of rotatable bonds is 10. The summed E-state index contributed by atoms with van der Waals surface area (Å²) >= 11 is 0. The van der Waals surface area contributed by atoms with Crippen molar-refractivity contribution >= 4 is 8.24 Å². The highest BCUT2D eigenvalue weighted by atomic mass is 28.3. The summed E-state index contributed by atoms with van der Waals surface area (Å²) < 4.78 is 9.24. The van der Waals surface area contributed by atoms with Gasteiger partial charge in [0.2, 0.25) is 0 Å². The van der Waals surface area contributed by atoms with Crippen LogP contribution >= 0.6 is 0 Å². The average molecular weight is 572 g/mol. The van der Waals surface area contributed by atoms with Crippen molar-refractivity contribution < 1.29 is 4.74 Å². The molecule has 232 valence electrons. The number of nitrogens with zero attached hydrogens (tertiary/aromatic N) is 1. The molecule has 40 heavy (non-hydrogen) atoms. The Kier molecular flexibility index (Phi) is 9.67. The van der Waals surface area contributed by atoms with Crippen LogP contribution in [0.25, 0.3) is 0 Å². The smallest absolute Gasteiger partial charge is 0.119 e. The van der Waals surface area contributed by atoms with Gasteiger partial charge in [0.1, 0.15) is 8.24 Å². The molecule has 5 fully saturated rings. The topological polar surface area (TPSA) is 12.5 Å². The zero-order valence-corrected chi connectivity index (χ0v) is 29.4. The van der Waals surface area contributed by atoms with Crippen molar-refractivity contribution in [3.05, 3.63) is 0 Å². The van der Waals surface area contributed by atoms with E-state index in [1.165, 1.54) is 83.5 Å². The van der Waals surface area contributed by atoms with E-state index in [9.17, 15) is 0 Å². The van der Waals surface area contributed by atoms with Gasteiger partial charge in [-0.25, -0.2) is 0 Å². The fraction of sp³-hybridized carbons (Fsp3) is 1.00. The molecule has 1 heterocycles. The summed E-state index contributed by atoms with van der Waals surface area (Å²) in [5.74, 6) is 7.91. The van der Waals surface area contributed by atoms with Crippen molar-refractivity contribution in [3.8, 4) is 0 Å². The summed E-state index contributed by atoms with van der Waals surface area (Å²) in [6, 6.07) is 1.85. The van der Waals surface area contributed by atoms with Gasteiger partial charge in [0.15, 0.2) is 0 Å². The lowest BCUT2D eigenvalue weighted by Gasteiger charge is -2.49. The van der Waals surface area contributed by atoms with Crippen LogP contribution < -0.4 is 0 Å². The van der Waals surface area contributed by atoms with Crippen molar-refractivity contribution in [2.24, 2.45) is 52.8 Å². The van der Waals surface area contributed by atoms with Crippen LogP contribution in [0.4, 0.5) is 0 Å². The first-order valence-corrected chi connectivity index (χ1v) is 21.7. The molecule has 4 saturated carbocycles. The normalized spacial score (nSPS) is 40.7. The van der Waals surface area contributed by atoms with Gasteiger partial charge in [-0.3, -0.25) is 0 Å². The van der Waals surface area contributed by atoms with Gasteiger partial charge in [-0.15, -0.1) is 0 Å². The van der Waals surface area contributed by atoms with Crippen molar-refractivity contribution in [1.29, 1.82) is 0 Å². The molecule has 1 aliphatic heterocycles. The summed E-state index contributed by atoms with van der Waals surface area (Å²) in [6.07, 6.45) is 22.1. The maximum Gasteiger partial charge on any atom is 0.119 e. The molecule has 0 amide bonds. The van der Waals surface area contributed by atoms with E-state index in [1.54, 1.807) is 12.8 Å². The molecule has 0 aromatic carbocycles. The van der Waals surface area contributed by atoms with E-state index in [0.717, 1.165) is 66.0 Å². The highest BCUT2D eigenvalue weighted by Gasteiger charge is 2.66. The lowest BCUT2D eigenvalue weighted by atomic mass is 9.57. The number of hydrogen-bond acceptors (Lipinski definition) is 2. The van der Waals surface area contributed by atoms with Crippen LogP contribution in [0.15, 0.2) is 0 Å². The molecule has 2 nitrogen and oxygen atoms in total. The number of hydrogen-bond donors (Lipinski definition) is 0. The van der Waals surface area contributed by atoms with Gasteiger partial charge < -0.3 is 9.30 Å². The summed E-state index contributed by atoms with van der Waals surface area (Å²) in [6.45, 7) is 23.7. The van der Waals surface area contributed by atoms with Crippen molar-refractivity contribution in [3.63, 3.8) is 0 Å². The molecule has 0 aromatic heterocycles. The van der Waals surface area contributed by atoms with Crippen LogP contribution in [0, 0.1) is 52.8 Å². The van der Waals surface area contributed by atoms with E-state index < -0.39 is 8.24 Å². The maximum atomic E-state index is 5.94. The SMILES string of the molecule is CC1CCC2C(C1)C1C(C3CCCCC3C1C(C)(C)C1CCC(CCCCCCOC(C)(C)C)C1)N2[Si](C)(C)C. The Bertz CT molecular complexity index is 825. The predicted octanol–water partition coefficient (Wildman–Crippen LogP) is 10.6. The van der Waals surface area contributed by atoms with Gasteiger partial charge in [0, 0.05) is 18.7 Å². The Morgan fingerprint density at radius 1 is 0.750 bits per heavy atom. The number of ether oxygens (including phenoxy) is 1. The third kappa shape index (κ3) is 6.47. The molecule has 3 heteroatoms. The second-order valence-electron chi connectivity index (χ2n) is 18.3. The molecule has 10 unspecified atom stereocenters. The third-order valence-corrected chi connectivity index (χ3v) is 15.3. The zero-order valence-electron chi connectivity index (χ0n) is 28.4. The first kappa shape index (κ1) is 31.6. The molecule has 0 spiro atoms.